The first-order valence-corrected chi connectivity index (χ1v) is 14.6. The molecule has 2 aromatic rings. The molecule has 0 aliphatic heterocycles. The normalized spacial score (nSPS) is 14.8. The first-order chi connectivity index (χ1) is 18.0. The van der Waals surface area contributed by atoms with E-state index in [0.717, 1.165) is 35.1 Å². The maximum atomic E-state index is 14.2. The fourth-order valence-corrected chi connectivity index (χ4v) is 4.95. The molecule has 0 radical (unpaired) electrons. The van der Waals surface area contributed by atoms with Gasteiger partial charge in [0.1, 0.15) is 17.7 Å². The molecule has 7 nitrogen and oxygen atoms in total. The largest absolute Gasteiger partial charge is 0.444 e. The summed E-state index contributed by atoms with van der Waals surface area (Å²) in [6.07, 6.45) is 3.40. The van der Waals surface area contributed by atoms with Gasteiger partial charge >= 0.3 is 6.09 Å². The molecule has 3 rings (SSSR count). The summed E-state index contributed by atoms with van der Waals surface area (Å²) in [5, 5.41) is 5.86. The fraction of sp³-hybridized carbons (Fsp3) is 0.500. The maximum Gasteiger partial charge on any atom is 0.408 e. The summed E-state index contributed by atoms with van der Waals surface area (Å²) in [4.78, 5) is 42.4. The standard InChI is InChI=1S/C30H41N3O4S/c1-20-16-21(2)18-23(17-20)26(27(34)31-19-22-10-8-7-9-11-22)33(24-12-13-24)28(35)25(14-15-38-6)32-29(36)37-30(3,4)5/h7-11,16-18,24-26H,12-15,19H2,1-6H3,(H,31,34)(H,32,36). The van der Waals surface area contributed by atoms with Crippen LogP contribution in [0.3, 0.4) is 0 Å². The zero-order valence-electron chi connectivity index (χ0n) is 23.4. The predicted octanol–water partition coefficient (Wildman–Crippen LogP) is 5.30. The molecule has 2 N–H and O–H groups in total. The second kappa shape index (κ2) is 13.2. The number of ether oxygens (including phenoxy) is 1. The van der Waals surface area contributed by atoms with Gasteiger partial charge in [-0.05, 0) is 77.0 Å². The van der Waals surface area contributed by atoms with Crippen LogP contribution in [0.1, 0.15) is 68.3 Å². The van der Waals surface area contributed by atoms with E-state index in [1.807, 2.05) is 62.6 Å². The van der Waals surface area contributed by atoms with Crippen molar-refractivity contribution in [2.75, 3.05) is 12.0 Å². The Morgan fingerprint density at radius 1 is 1.05 bits per heavy atom. The second-order valence-electron chi connectivity index (χ2n) is 11.0. The summed E-state index contributed by atoms with van der Waals surface area (Å²) in [5.41, 5.74) is 3.11. The van der Waals surface area contributed by atoms with Crippen LogP contribution in [-0.2, 0) is 20.9 Å². The molecule has 8 heteroatoms. The summed E-state index contributed by atoms with van der Waals surface area (Å²) in [6, 6.07) is 14.0. The van der Waals surface area contributed by atoms with Gasteiger partial charge in [0.15, 0.2) is 0 Å². The van der Waals surface area contributed by atoms with E-state index >= 15 is 0 Å². The van der Waals surface area contributed by atoms with E-state index in [4.69, 9.17) is 4.74 Å². The highest BCUT2D eigenvalue weighted by atomic mass is 32.2. The number of carbonyl (C=O) groups excluding carboxylic acids is 3. The van der Waals surface area contributed by atoms with Crippen LogP contribution in [0, 0.1) is 13.8 Å². The molecule has 1 saturated carbocycles. The smallest absolute Gasteiger partial charge is 0.408 e. The Morgan fingerprint density at radius 2 is 1.68 bits per heavy atom. The third-order valence-corrected chi connectivity index (χ3v) is 6.83. The number of nitrogens with zero attached hydrogens (tertiary/aromatic N) is 1. The third kappa shape index (κ3) is 8.79. The van der Waals surface area contributed by atoms with Gasteiger partial charge in [-0.2, -0.15) is 11.8 Å². The highest BCUT2D eigenvalue weighted by molar-refractivity contribution is 7.98. The Hall–Kier alpha value is -3.00. The molecule has 0 heterocycles. The lowest BCUT2D eigenvalue weighted by atomic mass is 9.98. The van der Waals surface area contributed by atoms with Crippen molar-refractivity contribution in [1.82, 2.24) is 15.5 Å². The van der Waals surface area contributed by atoms with Crippen molar-refractivity contribution in [3.63, 3.8) is 0 Å². The van der Waals surface area contributed by atoms with E-state index in [9.17, 15) is 14.4 Å². The number of aryl methyl sites for hydroxylation is 2. The van der Waals surface area contributed by atoms with Crippen molar-refractivity contribution in [2.45, 2.75) is 84.2 Å². The SMILES string of the molecule is CSCCC(NC(=O)OC(C)(C)C)C(=O)N(C1CC1)C(C(=O)NCc1ccccc1)c1cc(C)cc(C)c1. The van der Waals surface area contributed by atoms with Crippen LogP contribution in [0.2, 0.25) is 0 Å². The van der Waals surface area contributed by atoms with E-state index in [1.165, 1.54) is 0 Å². The molecule has 3 amide bonds. The quantitative estimate of drug-likeness (QED) is 0.405. The monoisotopic (exact) mass is 539 g/mol. The van der Waals surface area contributed by atoms with Crippen molar-refractivity contribution in [3.8, 4) is 0 Å². The van der Waals surface area contributed by atoms with E-state index in [0.29, 0.717) is 18.7 Å². The Kier molecular flexibility index (Phi) is 10.3. The molecule has 2 atom stereocenters. The molecule has 1 aliphatic rings. The van der Waals surface area contributed by atoms with Crippen LogP contribution in [0.5, 0.6) is 0 Å². The zero-order chi connectivity index (χ0) is 27.9. The van der Waals surface area contributed by atoms with Crippen LogP contribution in [-0.4, -0.2) is 52.5 Å². The minimum atomic E-state index is -0.811. The number of alkyl carbamates (subject to hydrolysis) is 1. The van der Waals surface area contributed by atoms with E-state index in [2.05, 4.69) is 16.7 Å². The van der Waals surface area contributed by atoms with Crippen LogP contribution in [0.25, 0.3) is 0 Å². The lowest BCUT2D eigenvalue weighted by molar-refractivity contribution is -0.143. The van der Waals surface area contributed by atoms with Gasteiger partial charge in [-0.25, -0.2) is 4.79 Å². The van der Waals surface area contributed by atoms with Crippen LogP contribution >= 0.6 is 11.8 Å². The van der Waals surface area contributed by atoms with Gasteiger partial charge in [-0.3, -0.25) is 9.59 Å². The second-order valence-corrected chi connectivity index (χ2v) is 12.0. The number of rotatable bonds is 11. The predicted molar refractivity (Wildman–Crippen MR) is 153 cm³/mol. The van der Waals surface area contributed by atoms with Crippen molar-refractivity contribution in [3.05, 3.63) is 70.8 Å². The van der Waals surface area contributed by atoms with Crippen molar-refractivity contribution in [1.29, 1.82) is 0 Å². The van der Waals surface area contributed by atoms with Crippen molar-refractivity contribution in [2.24, 2.45) is 0 Å². The third-order valence-electron chi connectivity index (χ3n) is 6.19. The van der Waals surface area contributed by atoms with Gasteiger partial charge in [0.25, 0.3) is 0 Å². The number of amides is 3. The number of nitrogens with one attached hydrogen (secondary N) is 2. The Morgan fingerprint density at radius 3 is 2.24 bits per heavy atom. The highest BCUT2D eigenvalue weighted by Crippen LogP contribution is 2.36. The molecule has 1 fully saturated rings. The molecule has 206 valence electrons. The number of thioether (sulfide) groups is 1. The van der Waals surface area contributed by atoms with E-state index < -0.39 is 23.8 Å². The molecule has 1 aliphatic carbocycles. The molecule has 38 heavy (non-hydrogen) atoms. The van der Waals surface area contributed by atoms with Crippen LogP contribution < -0.4 is 10.6 Å². The number of carbonyl (C=O) groups is 3. The molecule has 0 bridgehead atoms. The van der Waals surface area contributed by atoms with Gasteiger partial charge in [0, 0.05) is 12.6 Å². The van der Waals surface area contributed by atoms with Crippen molar-refractivity contribution < 1.29 is 19.1 Å². The Bertz CT molecular complexity index is 1090. The summed E-state index contributed by atoms with van der Waals surface area (Å²) >= 11 is 1.60. The zero-order valence-corrected chi connectivity index (χ0v) is 24.2. The van der Waals surface area contributed by atoms with E-state index in [-0.39, 0.29) is 17.9 Å². The van der Waals surface area contributed by atoms with Gasteiger partial charge in [-0.15, -0.1) is 0 Å². The van der Waals surface area contributed by atoms with E-state index in [1.54, 1.807) is 37.4 Å². The van der Waals surface area contributed by atoms with Gasteiger partial charge < -0.3 is 20.3 Å². The average Bonchev–Trinajstić information content (AvgIpc) is 3.67. The molecule has 0 saturated heterocycles. The summed E-state index contributed by atoms with van der Waals surface area (Å²) < 4.78 is 5.46. The minimum Gasteiger partial charge on any atom is -0.444 e. The molecule has 2 unspecified atom stereocenters. The van der Waals surface area contributed by atoms with Gasteiger partial charge in [0.05, 0.1) is 0 Å². The highest BCUT2D eigenvalue weighted by Gasteiger charge is 2.44. The topological polar surface area (TPSA) is 87.7 Å². The minimum absolute atomic E-state index is 0.0620. The molecule has 0 aromatic heterocycles. The summed E-state index contributed by atoms with van der Waals surface area (Å²) in [6.45, 7) is 9.70. The average molecular weight is 540 g/mol. The number of hydrogen-bond acceptors (Lipinski definition) is 5. The first kappa shape index (κ1) is 29.6. The van der Waals surface area contributed by atoms with Gasteiger partial charge in [0.2, 0.25) is 11.8 Å². The number of hydrogen-bond donors (Lipinski definition) is 2. The summed E-state index contributed by atoms with van der Waals surface area (Å²) in [7, 11) is 0. The van der Waals surface area contributed by atoms with Crippen LogP contribution in [0.4, 0.5) is 4.79 Å². The lowest BCUT2D eigenvalue weighted by Crippen LogP contribution is -2.54. The Labute approximate surface area is 231 Å². The van der Waals surface area contributed by atoms with Gasteiger partial charge in [-0.1, -0.05) is 59.7 Å². The molecule has 0 spiro atoms. The fourth-order valence-electron chi connectivity index (χ4n) is 4.48. The lowest BCUT2D eigenvalue weighted by Gasteiger charge is -2.35. The van der Waals surface area contributed by atoms with Crippen LogP contribution in [0.15, 0.2) is 48.5 Å². The maximum absolute atomic E-state index is 14.2. The summed E-state index contributed by atoms with van der Waals surface area (Å²) in [5.74, 6) is 0.186. The Balaban J connectivity index is 1.95. The first-order valence-electron chi connectivity index (χ1n) is 13.2. The molecular formula is C30H41N3O4S. The number of benzene rings is 2. The molecule has 2 aromatic carbocycles. The molecular weight excluding hydrogens is 498 g/mol. The van der Waals surface area contributed by atoms with Crippen molar-refractivity contribution >= 4 is 29.7 Å².